The number of esters is 1. The van der Waals surface area contributed by atoms with E-state index >= 15 is 0 Å². The molecule has 1 aromatic carbocycles. The van der Waals surface area contributed by atoms with Crippen LogP contribution < -0.4 is 5.32 Å². The Hall–Kier alpha value is -2.56. The quantitative estimate of drug-likeness (QED) is 0.451. The van der Waals surface area contributed by atoms with Gasteiger partial charge in [0.25, 0.3) is 5.91 Å². The number of fused-ring (bicyclic) bond motifs is 1. The maximum atomic E-state index is 13.2. The van der Waals surface area contributed by atoms with Crippen molar-refractivity contribution >= 4 is 41.1 Å². The zero-order valence-corrected chi connectivity index (χ0v) is 21.2. The molecule has 1 N–H and O–H groups in total. The Balaban J connectivity index is 1.50. The van der Waals surface area contributed by atoms with Crippen molar-refractivity contribution in [3.05, 3.63) is 40.6 Å². The third-order valence-corrected chi connectivity index (χ3v) is 7.85. The molecular weight excluding hydrogens is 480 g/mol. The number of carbonyl (C=O) groups is 3. The maximum Gasteiger partial charge on any atom is 0.330 e. The van der Waals surface area contributed by atoms with Crippen LogP contribution in [0.5, 0.6) is 0 Å². The molecule has 2 aliphatic heterocycles. The summed E-state index contributed by atoms with van der Waals surface area (Å²) in [5.41, 5.74) is 1.09. The van der Waals surface area contributed by atoms with Crippen LogP contribution in [-0.4, -0.2) is 82.2 Å². The normalized spacial score (nSPS) is 23.0. The first kappa shape index (κ1) is 24.6. The Morgan fingerprint density at radius 3 is 2.71 bits per heavy atom. The van der Waals surface area contributed by atoms with Gasteiger partial charge in [0.2, 0.25) is 5.91 Å². The molecule has 2 aromatic rings. The minimum Gasteiger partial charge on any atom is -0.463 e. The maximum absolute atomic E-state index is 13.2. The van der Waals surface area contributed by atoms with E-state index < -0.39 is 28.7 Å². The van der Waals surface area contributed by atoms with E-state index in [2.05, 4.69) is 10.5 Å². The molecule has 182 valence electrons. The van der Waals surface area contributed by atoms with Crippen molar-refractivity contribution in [3.8, 4) is 11.3 Å². The number of hydrogen-bond acceptors (Lipinski definition) is 8. The molecule has 2 aliphatic rings. The summed E-state index contributed by atoms with van der Waals surface area (Å²) in [4.78, 5) is 42.5. The smallest absolute Gasteiger partial charge is 0.330 e. The molecule has 11 heteroatoms. The number of carbonyl (C=O) groups excluding carboxylic acids is 3. The number of nitrogens with zero attached hydrogens (tertiary/aromatic N) is 3. The SMILES string of the molecule is Cc1onc(-c2ccccc2Cl)c1C(=O)NC1C(=O)N2C1SC(C)(C)C2C(=O)OCCN(C)C. The van der Waals surface area contributed by atoms with Crippen LogP contribution in [0.25, 0.3) is 11.3 Å². The first-order valence-electron chi connectivity index (χ1n) is 10.9. The van der Waals surface area contributed by atoms with Gasteiger partial charge in [-0.1, -0.05) is 35.0 Å². The summed E-state index contributed by atoms with van der Waals surface area (Å²) in [6.45, 7) is 6.27. The molecule has 0 bridgehead atoms. The minimum absolute atomic E-state index is 0.223. The molecule has 0 spiro atoms. The standard InChI is InChI=1S/C23H27ClN4O5S/c1-12-15(16(26-33-12)13-8-6-7-9-14(13)24)19(29)25-17-20(30)28-18(23(2,3)34-21(17)28)22(31)32-11-10-27(4)5/h6-9,17-18,21H,10-11H2,1-5H3,(H,25,29). The number of benzene rings is 1. The Kier molecular flexibility index (Phi) is 6.67. The Bertz CT molecular complexity index is 1130. The molecule has 3 unspecified atom stereocenters. The van der Waals surface area contributed by atoms with Gasteiger partial charge < -0.3 is 24.4 Å². The van der Waals surface area contributed by atoms with E-state index in [1.807, 2.05) is 32.8 Å². The number of rotatable bonds is 7. The zero-order valence-electron chi connectivity index (χ0n) is 19.6. The van der Waals surface area contributed by atoms with Gasteiger partial charge in [-0.15, -0.1) is 11.8 Å². The molecule has 2 fully saturated rings. The van der Waals surface area contributed by atoms with Crippen molar-refractivity contribution in [3.63, 3.8) is 0 Å². The van der Waals surface area contributed by atoms with Crippen LogP contribution in [0.3, 0.4) is 0 Å². The van der Waals surface area contributed by atoms with Crippen molar-refractivity contribution in [2.24, 2.45) is 0 Å². The number of aryl methyl sites for hydroxylation is 1. The molecule has 3 atom stereocenters. The Labute approximate surface area is 207 Å². The summed E-state index contributed by atoms with van der Waals surface area (Å²) in [7, 11) is 3.78. The van der Waals surface area contributed by atoms with Crippen LogP contribution in [0.4, 0.5) is 0 Å². The van der Waals surface area contributed by atoms with Crippen molar-refractivity contribution in [1.82, 2.24) is 20.3 Å². The summed E-state index contributed by atoms with van der Waals surface area (Å²) < 4.78 is 10.1. The Morgan fingerprint density at radius 1 is 1.32 bits per heavy atom. The van der Waals surface area contributed by atoms with Gasteiger partial charge in [-0.05, 0) is 40.9 Å². The third-order valence-electron chi connectivity index (χ3n) is 5.95. The van der Waals surface area contributed by atoms with Crippen molar-refractivity contribution in [2.45, 2.75) is 43.0 Å². The fraction of sp³-hybridized carbons (Fsp3) is 0.478. The lowest BCUT2D eigenvalue weighted by Gasteiger charge is -2.43. The molecule has 34 heavy (non-hydrogen) atoms. The van der Waals surface area contributed by atoms with Gasteiger partial charge in [-0.25, -0.2) is 4.79 Å². The molecule has 0 aliphatic carbocycles. The molecule has 9 nitrogen and oxygen atoms in total. The van der Waals surface area contributed by atoms with E-state index in [4.69, 9.17) is 20.9 Å². The number of ether oxygens (including phenoxy) is 1. The highest BCUT2D eigenvalue weighted by Gasteiger charge is 2.64. The van der Waals surface area contributed by atoms with Gasteiger partial charge >= 0.3 is 5.97 Å². The van der Waals surface area contributed by atoms with Crippen LogP contribution >= 0.6 is 23.4 Å². The molecular formula is C23H27ClN4O5S. The number of aromatic nitrogens is 1. The van der Waals surface area contributed by atoms with E-state index in [0.29, 0.717) is 28.6 Å². The predicted molar refractivity (Wildman–Crippen MR) is 129 cm³/mol. The monoisotopic (exact) mass is 506 g/mol. The molecule has 2 saturated heterocycles. The van der Waals surface area contributed by atoms with E-state index in [1.165, 1.54) is 16.7 Å². The average molecular weight is 507 g/mol. The molecule has 3 heterocycles. The van der Waals surface area contributed by atoms with E-state index in [-0.39, 0.29) is 23.5 Å². The summed E-state index contributed by atoms with van der Waals surface area (Å²) >= 11 is 7.76. The topological polar surface area (TPSA) is 105 Å². The highest BCUT2D eigenvalue weighted by atomic mass is 35.5. The van der Waals surface area contributed by atoms with Gasteiger partial charge in [0, 0.05) is 16.9 Å². The number of amides is 2. The predicted octanol–water partition coefficient (Wildman–Crippen LogP) is 2.57. The van der Waals surface area contributed by atoms with Crippen LogP contribution in [0, 0.1) is 6.92 Å². The number of nitrogens with one attached hydrogen (secondary N) is 1. The summed E-state index contributed by atoms with van der Waals surface area (Å²) in [6.07, 6.45) is 0. The highest BCUT2D eigenvalue weighted by Crippen LogP contribution is 2.51. The summed E-state index contributed by atoms with van der Waals surface area (Å²) in [5, 5.41) is 6.89. The number of likely N-dealkylation sites (N-methyl/N-ethyl adjacent to an activating group) is 1. The van der Waals surface area contributed by atoms with Crippen LogP contribution in [-0.2, 0) is 14.3 Å². The minimum atomic E-state index is -0.773. The number of hydrogen-bond donors (Lipinski definition) is 1. The fourth-order valence-corrected chi connectivity index (χ4v) is 6.07. The number of halogens is 1. The van der Waals surface area contributed by atoms with Crippen molar-refractivity contribution in [2.75, 3.05) is 27.2 Å². The van der Waals surface area contributed by atoms with Gasteiger partial charge in [-0.2, -0.15) is 0 Å². The molecule has 1 aromatic heterocycles. The first-order chi connectivity index (χ1) is 16.0. The third kappa shape index (κ3) is 4.30. The fourth-order valence-electron chi connectivity index (χ4n) is 4.22. The van der Waals surface area contributed by atoms with Crippen LogP contribution in [0.15, 0.2) is 28.8 Å². The average Bonchev–Trinajstić information content (AvgIpc) is 3.26. The van der Waals surface area contributed by atoms with Crippen LogP contribution in [0.2, 0.25) is 5.02 Å². The number of β-lactam (4-membered cyclic amide) rings is 1. The van der Waals surface area contributed by atoms with Crippen molar-refractivity contribution in [1.29, 1.82) is 0 Å². The van der Waals surface area contributed by atoms with Crippen LogP contribution in [0.1, 0.15) is 30.0 Å². The van der Waals surface area contributed by atoms with Gasteiger partial charge in [-0.3, -0.25) is 9.59 Å². The molecule has 2 amide bonds. The van der Waals surface area contributed by atoms with Crippen molar-refractivity contribution < 1.29 is 23.6 Å². The lowest BCUT2D eigenvalue weighted by Crippen LogP contribution is -2.70. The lowest BCUT2D eigenvalue weighted by atomic mass is 9.95. The second-order valence-corrected chi connectivity index (χ2v) is 11.3. The highest BCUT2D eigenvalue weighted by molar-refractivity contribution is 8.01. The summed E-state index contributed by atoms with van der Waals surface area (Å²) in [5.74, 6) is -0.921. The molecule has 4 rings (SSSR count). The lowest BCUT2D eigenvalue weighted by molar-refractivity contribution is -0.163. The summed E-state index contributed by atoms with van der Waals surface area (Å²) in [6, 6.07) is 5.52. The zero-order chi connectivity index (χ0) is 24.8. The second kappa shape index (κ2) is 9.24. The van der Waals surface area contributed by atoms with Gasteiger partial charge in [0.05, 0.1) is 5.02 Å². The molecule has 0 saturated carbocycles. The number of thioether (sulfide) groups is 1. The second-order valence-electron chi connectivity index (χ2n) is 9.12. The van der Waals surface area contributed by atoms with Gasteiger partial charge in [0.15, 0.2) is 0 Å². The van der Waals surface area contributed by atoms with E-state index in [9.17, 15) is 14.4 Å². The Morgan fingerprint density at radius 2 is 2.03 bits per heavy atom. The van der Waals surface area contributed by atoms with E-state index in [0.717, 1.165) is 0 Å². The molecule has 0 radical (unpaired) electrons. The van der Waals surface area contributed by atoms with Gasteiger partial charge in [0.1, 0.15) is 41.1 Å². The largest absolute Gasteiger partial charge is 0.463 e. The van der Waals surface area contributed by atoms with E-state index in [1.54, 1.807) is 31.2 Å². The first-order valence-corrected chi connectivity index (χ1v) is 12.1.